The second kappa shape index (κ2) is 6.21. The molecule has 0 saturated carbocycles. The number of hydrogen-bond acceptors (Lipinski definition) is 4. The van der Waals surface area contributed by atoms with Gasteiger partial charge in [-0.05, 0) is 19.1 Å². The van der Waals surface area contributed by atoms with Gasteiger partial charge in [0.05, 0.1) is 6.61 Å². The van der Waals surface area contributed by atoms with Crippen molar-refractivity contribution in [1.82, 2.24) is 9.88 Å². The van der Waals surface area contributed by atoms with Gasteiger partial charge in [0, 0.05) is 24.0 Å². The van der Waals surface area contributed by atoms with Gasteiger partial charge in [0.1, 0.15) is 12.2 Å². The van der Waals surface area contributed by atoms with Crippen LogP contribution in [0.25, 0.3) is 10.9 Å². The Morgan fingerprint density at radius 2 is 2.00 bits per heavy atom. The van der Waals surface area contributed by atoms with Crippen LogP contribution in [0.15, 0.2) is 35.1 Å². The number of hydrogen-bond donors (Lipinski definition) is 1. The first-order chi connectivity index (χ1) is 10.0. The summed E-state index contributed by atoms with van der Waals surface area (Å²) >= 11 is 0. The predicted molar refractivity (Wildman–Crippen MR) is 78.2 cm³/mol. The van der Waals surface area contributed by atoms with E-state index >= 15 is 0 Å². The molecule has 0 radical (unpaired) electrons. The Balaban J connectivity index is 2.27. The number of benzene rings is 1. The van der Waals surface area contributed by atoms with E-state index in [-0.39, 0.29) is 24.3 Å². The number of carbonyl (C=O) groups excluding carboxylic acids is 2. The molecular formula is C15H16N2O4. The molecule has 0 saturated heterocycles. The van der Waals surface area contributed by atoms with Crippen molar-refractivity contribution in [2.24, 2.45) is 0 Å². The predicted octanol–water partition coefficient (Wildman–Crippen LogP) is 1.16. The smallest absolute Gasteiger partial charge is 0.325 e. The van der Waals surface area contributed by atoms with E-state index in [1.54, 1.807) is 31.2 Å². The summed E-state index contributed by atoms with van der Waals surface area (Å²) in [7, 11) is 1.48. The van der Waals surface area contributed by atoms with Crippen molar-refractivity contribution in [2.75, 3.05) is 20.2 Å². The molecule has 0 fully saturated rings. The molecule has 0 aliphatic heterocycles. The molecule has 2 rings (SSSR count). The van der Waals surface area contributed by atoms with Crippen LogP contribution in [0.5, 0.6) is 0 Å². The summed E-state index contributed by atoms with van der Waals surface area (Å²) in [4.78, 5) is 39.7. The molecule has 1 amide bonds. The highest BCUT2D eigenvalue weighted by molar-refractivity contribution is 5.96. The Morgan fingerprint density at radius 1 is 1.29 bits per heavy atom. The van der Waals surface area contributed by atoms with Gasteiger partial charge in [0.15, 0.2) is 5.43 Å². The maximum absolute atomic E-state index is 12.2. The molecular weight excluding hydrogens is 272 g/mol. The molecule has 0 aliphatic carbocycles. The lowest BCUT2D eigenvalue weighted by molar-refractivity contribution is -0.143. The van der Waals surface area contributed by atoms with E-state index in [0.717, 1.165) is 0 Å². The van der Waals surface area contributed by atoms with Gasteiger partial charge in [-0.2, -0.15) is 0 Å². The van der Waals surface area contributed by atoms with Gasteiger partial charge in [-0.3, -0.25) is 14.4 Å². The fourth-order valence-corrected chi connectivity index (χ4v) is 1.99. The van der Waals surface area contributed by atoms with E-state index in [2.05, 4.69) is 4.98 Å². The van der Waals surface area contributed by atoms with Gasteiger partial charge in [-0.15, -0.1) is 0 Å². The van der Waals surface area contributed by atoms with Crippen molar-refractivity contribution < 1.29 is 14.3 Å². The number of nitrogens with zero attached hydrogens (tertiary/aromatic N) is 1. The third-order valence-corrected chi connectivity index (χ3v) is 2.99. The number of fused-ring (bicyclic) bond motifs is 1. The molecule has 0 aliphatic rings. The van der Waals surface area contributed by atoms with Crippen molar-refractivity contribution in [2.45, 2.75) is 6.92 Å². The number of aromatic nitrogens is 1. The number of amides is 1. The molecule has 1 aromatic heterocycles. The summed E-state index contributed by atoms with van der Waals surface area (Å²) in [6, 6.07) is 8.18. The van der Waals surface area contributed by atoms with Crippen LogP contribution < -0.4 is 5.43 Å². The molecule has 0 bridgehead atoms. The van der Waals surface area contributed by atoms with Crippen LogP contribution in [0.2, 0.25) is 0 Å². The molecule has 6 heteroatoms. The van der Waals surface area contributed by atoms with Gasteiger partial charge in [0.25, 0.3) is 5.91 Å². The number of nitrogens with one attached hydrogen (secondary N) is 1. The van der Waals surface area contributed by atoms with Crippen molar-refractivity contribution >= 4 is 22.8 Å². The van der Waals surface area contributed by atoms with Gasteiger partial charge < -0.3 is 14.6 Å². The zero-order valence-corrected chi connectivity index (χ0v) is 11.9. The lowest BCUT2D eigenvalue weighted by atomic mass is 10.2. The van der Waals surface area contributed by atoms with Crippen molar-refractivity contribution in [3.63, 3.8) is 0 Å². The summed E-state index contributed by atoms with van der Waals surface area (Å²) in [5, 5.41) is 0.516. The third kappa shape index (κ3) is 3.28. The summed E-state index contributed by atoms with van der Waals surface area (Å²) < 4.78 is 4.79. The molecule has 6 nitrogen and oxygen atoms in total. The molecule has 1 heterocycles. The van der Waals surface area contributed by atoms with Gasteiger partial charge >= 0.3 is 5.97 Å². The highest BCUT2D eigenvalue weighted by atomic mass is 16.5. The van der Waals surface area contributed by atoms with Crippen molar-refractivity contribution in [3.8, 4) is 0 Å². The number of likely N-dealkylation sites (N-methyl/N-ethyl adjacent to an activating group) is 1. The normalized spacial score (nSPS) is 10.4. The summed E-state index contributed by atoms with van der Waals surface area (Å²) in [6.45, 7) is 1.79. The monoisotopic (exact) mass is 288 g/mol. The number of aromatic amines is 1. The van der Waals surface area contributed by atoms with Gasteiger partial charge in [-0.1, -0.05) is 12.1 Å². The third-order valence-electron chi connectivity index (χ3n) is 2.99. The second-order valence-corrected chi connectivity index (χ2v) is 4.56. The zero-order chi connectivity index (χ0) is 15.4. The molecule has 2 aromatic rings. The van der Waals surface area contributed by atoms with Gasteiger partial charge in [-0.25, -0.2) is 0 Å². The minimum absolute atomic E-state index is 0.144. The van der Waals surface area contributed by atoms with Crippen molar-refractivity contribution in [3.05, 3.63) is 46.2 Å². The van der Waals surface area contributed by atoms with Crippen LogP contribution in [0.3, 0.4) is 0 Å². The fraction of sp³-hybridized carbons (Fsp3) is 0.267. The van der Waals surface area contributed by atoms with Crippen LogP contribution in [0, 0.1) is 0 Å². The number of esters is 1. The molecule has 110 valence electrons. The van der Waals surface area contributed by atoms with E-state index in [1.165, 1.54) is 18.0 Å². The van der Waals surface area contributed by atoms with E-state index in [0.29, 0.717) is 10.9 Å². The zero-order valence-electron chi connectivity index (χ0n) is 11.9. The topological polar surface area (TPSA) is 79.5 Å². The summed E-state index contributed by atoms with van der Waals surface area (Å²) in [5.41, 5.74) is 0.487. The fourth-order valence-electron chi connectivity index (χ4n) is 1.99. The van der Waals surface area contributed by atoms with Crippen LogP contribution in [0.4, 0.5) is 0 Å². The molecule has 21 heavy (non-hydrogen) atoms. The number of para-hydroxylation sites is 1. The highest BCUT2D eigenvalue weighted by Gasteiger charge is 2.17. The molecule has 0 spiro atoms. The number of pyridine rings is 1. The highest BCUT2D eigenvalue weighted by Crippen LogP contribution is 2.08. The number of ether oxygens (including phenoxy) is 1. The van der Waals surface area contributed by atoms with E-state index in [9.17, 15) is 14.4 Å². The van der Waals surface area contributed by atoms with Crippen LogP contribution in [-0.4, -0.2) is 42.0 Å². The Labute approximate surface area is 121 Å². The van der Waals surface area contributed by atoms with Crippen LogP contribution >= 0.6 is 0 Å². The first-order valence-electron chi connectivity index (χ1n) is 6.56. The molecule has 1 aromatic carbocycles. The largest absolute Gasteiger partial charge is 0.465 e. The average molecular weight is 288 g/mol. The molecule has 1 N–H and O–H groups in total. The molecule has 0 atom stereocenters. The van der Waals surface area contributed by atoms with Gasteiger partial charge in [0.2, 0.25) is 0 Å². The first-order valence-corrected chi connectivity index (χ1v) is 6.56. The number of H-pyrrole nitrogens is 1. The standard InChI is InChI=1S/C15H16N2O4/c1-3-21-14(19)9-17(2)15(20)12-8-13(18)10-6-4-5-7-11(10)16-12/h4-8H,3,9H2,1-2H3,(H,16,18). The van der Waals surface area contributed by atoms with Crippen LogP contribution in [0.1, 0.15) is 17.4 Å². The summed E-state index contributed by atoms with van der Waals surface area (Å²) in [6.07, 6.45) is 0. The maximum atomic E-state index is 12.2. The lowest BCUT2D eigenvalue weighted by Gasteiger charge is -2.16. The van der Waals surface area contributed by atoms with E-state index in [1.807, 2.05) is 0 Å². The Bertz CT molecular complexity index is 736. The number of rotatable bonds is 4. The van der Waals surface area contributed by atoms with E-state index in [4.69, 9.17) is 4.74 Å². The average Bonchev–Trinajstić information content (AvgIpc) is 2.46. The summed E-state index contributed by atoms with van der Waals surface area (Å²) in [5.74, 6) is -0.928. The quantitative estimate of drug-likeness (QED) is 0.856. The minimum atomic E-state index is -0.489. The molecule has 0 unspecified atom stereocenters. The lowest BCUT2D eigenvalue weighted by Crippen LogP contribution is -2.34. The Morgan fingerprint density at radius 3 is 2.71 bits per heavy atom. The maximum Gasteiger partial charge on any atom is 0.325 e. The second-order valence-electron chi connectivity index (χ2n) is 4.56. The van der Waals surface area contributed by atoms with Crippen molar-refractivity contribution in [1.29, 1.82) is 0 Å². The SMILES string of the molecule is CCOC(=O)CN(C)C(=O)c1cc(=O)c2ccccc2[nH]1. The first kappa shape index (κ1) is 14.8. The number of carbonyl (C=O) groups is 2. The Kier molecular flexibility index (Phi) is 4.37. The Hall–Kier alpha value is -2.63. The minimum Gasteiger partial charge on any atom is -0.465 e. The van der Waals surface area contributed by atoms with E-state index < -0.39 is 11.9 Å². The van der Waals surface area contributed by atoms with Crippen LogP contribution in [-0.2, 0) is 9.53 Å².